The van der Waals surface area contributed by atoms with Crippen LogP contribution in [0.2, 0.25) is 5.02 Å². The van der Waals surface area contributed by atoms with E-state index in [1.165, 1.54) is 0 Å². The Morgan fingerprint density at radius 3 is 2.44 bits per heavy atom. The van der Waals surface area contributed by atoms with Crippen LogP contribution in [-0.4, -0.2) is 61.9 Å². The number of nitrogens with one attached hydrogen (secondary N) is 1. The number of hydrogen-bond donors (Lipinski definition) is 1. The van der Waals surface area contributed by atoms with Crippen LogP contribution in [0.1, 0.15) is 24.8 Å². The molecule has 0 bridgehead atoms. The van der Waals surface area contributed by atoms with Gasteiger partial charge in [0.1, 0.15) is 0 Å². The zero-order chi connectivity index (χ0) is 18.2. The van der Waals surface area contributed by atoms with Crippen molar-refractivity contribution in [3.8, 4) is 0 Å². The molecule has 0 atom stereocenters. The first-order valence-electron chi connectivity index (χ1n) is 8.90. The van der Waals surface area contributed by atoms with Gasteiger partial charge in [-0.05, 0) is 57.6 Å². The third-order valence-corrected chi connectivity index (χ3v) is 4.82. The van der Waals surface area contributed by atoms with Gasteiger partial charge in [0.25, 0.3) is 0 Å². The van der Waals surface area contributed by atoms with Gasteiger partial charge in [0.05, 0.1) is 6.42 Å². The van der Waals surface area contributed by atoms with Crippen LogP contribution < -0.4 is 5.32 Å². The van der Waals surface area contributed by atoms with E-state index in [1.54, 1.807) is 12.1 Å². The van der Waals surface area contributed by atoms with Crippen LogP contribution in [0, 0.1) is 5.92 Å². The van der Waals surface area contributed by atoms with Crippen molar-refractivity contribution < 1.29 is 9.59 Å². The number of hydrogen-bond acceptors (Lipinski definition) is 3. The number of halogens is 1. The van der Waals surface area contributed by atoms with E-state index in [4.69, 9.17) is 11.6 Å². The van der Waals surface area contributed by atoms with Crippen molar-refractivity contribution in [3.63, 3.8) is 0 Å². The van der Waals surface area contributed by atoms with E-state index in [0.29, 0.717) is 31.1 Å². The van der Waals surface area contributed by atoms with Crippen LogP contribution in [-0.2, 0) is 16.0 Å². The topological polar surface area (TPSA) is 52.7 Å². The van der Waals surface area contributed by atoms with Crippen LogP contribution in [0.5, 0.6) is 0 Å². The molecule has 1 saturated heterocycles. The Bertz CT molecular complexity index is 567. The lowest BCUT2D eigenvalue weighted by molar-refractivity contribution is -0.135. The van der Waals surface area contributed by atoms with E-state index in [2.05, 4.69) is 10.2 Å². The van der Waals surface area contributed by atoms with Crippen molar-refractivity contribution in [1.29, 1.82) is 0 Å². The van der Waals surface area contributed by atoms with Gasteiger partial charge in [0, 0.05) is 30.6 Å². The summed E-state index contributed by atoms with van der Waals surface area (Å²) in [6.45, 7) is 3.00. The Hall–Kier alpha value is -1.59. The Morgan fingerprint density at radius 1 is 1.20 bits per heavy atom. The van der Waals surface area contributed by atoms with Crippen molar-refractivity contribution in [2.75, 3.05) is 40.3 Å². The van der Waals surface area contributed by atoms with Crippen molar-refractivity contribution in [2.45, 2.75) is 25.7 Å². The van der Waals surface area contributed by atoms with Gasteiger partial charge >= 0.3 is 0 Å². The predicted molar refractivity (Wildman–Crippen MR) is 101 cm³/mol. The first-order valence-corrected chi connectivity index (χ1v) is 9.28. The summed E-state index contributed by atoms with van der Waals surface area (Å²) in [6, 6.07) is 7.37. The molecule has 2 rings (SSSR count). The van der Waals surface area contributed by atoms with E-state index >= 15 is 0 Å². The SMILES string of the molecule is CN(C)CCCNC(=O)C1CCN(C(=O)Cc2ccc(Cl)cc2)CC1. The van der Waals surface area contributed by atoms with Gasteiger partial charge < -0.3 is 15.1 Å². The third kappa shape index (κ3) is 6.67. The minimum atomic E-state index is 0.0268. The smallest absolute Gasteiger partial charge is 0.226 e. The second-order valence-corrected chi connectivity index (χ2v) is 7.34. The molecule has 1 aromatic carbocycles. The number of rotatable bonds is 7. The first-order chi connectivity index (χ1) is 12.0. The fourth-order valence-corrected chi connectivity index (χ4v) is 3.16. The summed E-state index contributed by atoms with van der Waals surface area (Å²) in [5.74, 6) is 0.273. The van der Waals surface area contributed by atoms with Gasteiger partial charge in [-0.2, -0.15) is 0 Å². The second-order valence-electron chi connectivity index (χ2n) is 6.91. The lowest BCUT2D eigenvalue weighted by atomic mass is 9.95. The van der Waals surface area contributed by atoms with Crippen molar-refractivity contribution >= 4 is 23.4 Å². The molecule has 0 radical (unpaired) electrons. The van der Waals surface area contributed by atoms with Gasteiger partial charge in [-0.25, -0.2) is 0 Å². The highest BCUT2D eigenvalue weighted by atomic mass is 35.5. The molecular formula is C19H28ClN3O2. The third-order valence-electron chi connectivity index (χ3n) is 4.57. The average Bonchev–Trinajstić information content (AvgIpc) is 2.60. The summed E-state index contributed by atoms with van der Waals surface area (Å²) in [6.07, 6.45) is 2.83. The van der Waals surface area contributed by atoms with Crippen LogP contribution in [0.4, 0.5) is 0 Å². The molecule has 1 aromatic rings. The minimum Gasteiger partial charge on any atom is -0.356 e. The summed E-state index contributed by atoms with van der Waals surface area (Å²) in [7, 11) is 4.05. The van der Waals surface area contributed by atoms with E-state index in [9.17, 15) is 9.59 Å². The van der Waals surface area contributed by atoms with Gasteiger partial charge in [0.15, 0.2) is 0 Å². The Morgan fingerprint density at radius 2 is 1.84 bits per heavy atom. The maximum atomic E-state index is 12.4. The molecule has 138 valence electrons. The van der Waals surface area contributed by atoms with Crippen molar-refractivity contribution in [3.05, 3.63) is 34.9 Å². The van der Waals surface area contributed by atoms with Crippen LogP contribution >= 0.6 is 11.6 Å². The maximum absolute atomic E-state index is 12.4. The number of piperidine rings is 1. The van der Waals surface area contributed by atoms with E-state index in [0.717, 1.165) is 31.4 Å². The molecule has 1 fully saturated rings. The molecule has 1 heterocycles. The molecule has 1 aliphatic heterocycles. The molecular weight excluding hydrogens is 338 g/mol. The fraction of sp³-hybridized carbons (Fsp3) is 0.579. The number of likely N-dealkylation sites (tertiary alicyclic amines) is 1. The summed E-state index contributed by atoms with van der Waals surface area (Å²) in [4.78, 5) is 28.6. The largest absolute Gasteiger partial charge is 0.356 e. The Labute approximate surface area is 155 Å². The molecule has 25 heavy (non-hydrogen) atoms. The lowest BCUT2D eigenvalue weighted by Gasteiger charge is -2.31. The number of benzene rings is 1. The number of carbonyl (C=O) groups excluding carboxylic acids is 2. The van der Waals surface area contributed by atoms with Crippen LogP contribution in [0.3, 0.4) is 0 Å². The zero-order valence-electron chi connectivity index (χ0n) is 15.1. The summed E-state index contributed by atoms with van der Waals surface area (Å²) >= 11 is 5.87. The molecule has 1 N–H and O–H groups in total. The molecule has 5 nitrogen and oxygen atoms in total. The summed E-state index contributed by atoms with van der Waals surface area (Å²) < 4.78 is 0. The quantitative estimate of drug-likeness (QED) is 0.753. The standard InChI is InChI=1S/C19H28ClN3O2/c1-22(2)11-3-10-21-19(25)16-8-12-23(13-9-16)18(24)14-15-4-6-17(20)7-5-15/h4-7,16H,3,8-14H2,1-2H3,(H,21,25). The molecule has 6 heteroatoms. The van der Waals surface area contributed by atoms with Gasteiger partial charge in [0.2, 0.25) is 11.8 Å². The number of carbonyl (C=O) groups is 2. The highest BCUT2D eigenvalue weighted by molar-refractivity contribution is 6.30. The van der Waals surface area contributed by atoms with E-state index < -0.39 is 0 Å². The number of amides is 2. The average molecular weight is 366 g/mol. The van der Waals surface area contributed by atoms with E-state index in [1.807, 2.05) is 31.1 Å². The maximum Gasteiger partial charge on any atom is 0.226 e. The Kier molecular flexibility index (Phi) is 7.72. The second kappa shape index (κ2) is 9.78. The fourth-order valence-electron chi connectivity index (χ4n) is 3.03. The van der Waals surface area contributed by atoms with Crippen molar-refractivity contribution in [1.82, 2.24) is 15.1 Å². The molecule has 0 aliphatic carbocycles. The summed E-state index contributed by atoms with van der Waals surface area (Å²) in [5, 5.41) is 3.69. The lowest BCUT2D eigenvalue weighted by Crippen LogP contribution is -2.43. The van der Waals surface area contributed by atoms with Crippen LogP contribution in [0.15, 0.2) is 24.3 Å². The zero-order valence-corrected chi connectivity index (χ0v) is 15.9. The molecule has 0 saturated carbocycles. The molecule has 0 aromatic heterocycles. The first kappa shape index (κ1) is 19.7. The highest BCUT2D eigenvalue weighted by Gasteiger charge is 2.27. The van der Waals surface area contributed by atoms with Gasteiger partial charge in [-0.1, -0.05) is 23.7 Å². The predicted octanol–water partition coefficient (Wildman–Crippen LogP) is 2.19. The Balaban J connectivity index is 1.70. The molecule has 1 aliphatic rings. The normalized spacial score (nSPS) is 15.4. The van der Waals surface area contributed by atoms with Crippen LogP contribution in [0.25, 0.3) is 0 Å². The molecule has 2 amide bonds. The van der Waals surface area contributed by atoms with Gasteiger partial charge in [-0.3, -0.25) is 9.59 Å². The highest BCUT2D eigenvalue weighted by Crippen LogP contribution is 2.19. The molecule has 0 unspecified atom stereocenters. The summed E-state index contributed by atoms with van der Waals surface area (Å²) in [5.41, 5.74) is 0.968. The number of nitrogens with zero attached hydrogens (tertiary/aromatic N) is 2. The van der Waals surface area contributed by atoms with Gasteiger partial charge in [-0.15, -0.1) is 0 Å². The minimum absolute atomic E-state index is 0.0268. The van der Waals surface area contributed by atoms with E-state index in [-0.39, 0.29) is 17.7 Å². The molecule has 0 spiro atoms. The van der Waals surface area contributed by atoms with Crippen molar-refractivity contribution in [2.24, 2.45) is 5.92 Å². The monoisotopic (exact) mass is 365 g/mol.